The average molecular weight is 498 g/mol. The molecule has 7 heteroatoms. The van der Waals surface area contributed by atoms with Crippen molar-refractivity contribution in [1.82, 2.24) is 14.5 Å². The third-order valence-corrected chi connectivity index (χ3v) is 6.98. The molecule has 1 N–H and O–H groups in total. The number of halogens is 1. The maximum atomic E-state index is 12.9. The van der Waals surface area contributed by atoms with Crippen molar-refractivity contribution >= 4 is 34.6 Å². The van der Waals surface area contributed by atoms with Gasteiger partial charge in [0.1, 0.15) is 11.6 Å². The van der Waals surface area contributed by atoms with Gasteiger partial charge in [0, 0.05) is 21.6 Å². The molecule has 1 fully saturated rings. The van der Waals surface area contributed by atoms with Gasteiger partial charge in [0.15, 0.2) is 0 Å². The molecular formula is C27H32FN3OS2. The molecule has 1 aliphatic carbocycles. The minimum absolute atomic E-state index is 0.253. The molecule has 0 saturated heterocycles. The van der Waals surface area contributed by atoms with Gasteiger partial charge in [-0.25, -0.2) is 9.07 Å². The van der Waals surface area contributed by atoms with E-state index in [9.17, 15) is 4.39 Å². The molecule has 1 aromatic heterocycles. The molecule has 0 unspecified atom stereocenters. The van der Waals surface area contributed by atoms with E-state index in [1.807, 2.05) is 48.3 Å². The Balaban J connectivity index is 0.000000168. The van der Waals surface area contributed by atoms with Crippen LogP contribution in [0.25, 0.3) is 16.6 Å². The summed E-state index contributed by atoms with van der Waals surface area (Å²) in [5, 5.41) is 6.24. The van der Waals surface area contributed by atoms with Gasteiger partial charge in [0.05, 0.1) is 24.5 Å². The summed E-state index contributed by atoms with van der Waals surface area (Å²) in [6.45, 7) is 4.35. The zero-order valence-electron chi connectivity index (χ0n) is 20.1. The molecule has 4 nitrogen and oxygen atoms in total. The summed E-state index contributed by atoms with van der Waals surface area (Å²) < 4.78 is 23.2. The van der Waals surface area contributed by atoms with Gasteiger partial charge < -0.3 is 4.74 Å². The molecule has 5 rings (SSSR count). The summed E-state index contributed by atoms with van der Waals surface area (Å²) in [6.07, 6.45) is 6.69. The molecule has 180 valence electrons. The molecule has 0 spiro atoms. The van der Waals surface area contributed by atoms with Crippen LogP contribution in [0.4, 0.5) is 4.39 Å². The Morgan fingerprint density at radius 3 is 2.29 bits per heavy atom. The predicted molar refractivity (Wildman–Crippen MR) is 145 cm³/mol. The van der Waals surface area contributed by atoms with Crippen molar-refractivity contribution in [2.24, 2.45) is 0 Å². The first-order valence-corrected chi connectivity index (χ1v) is 13.4. The van der Waals surface area contributed by atoms with Crippen molar-refractivity contribution < 1.29 is 9.13 Å². The Morgan fingerprint density at radius 2 is 1.74 bits per heavy atom. The smallest absolute Gasteiger partial charge is 0.123 e. The topological polar surface area (TPSA) is 39.1 Å². The fourth-order valence-electron chi connectivity index (χ4n) is 2.90. The number of hydrogen-bond donors (Lipinski definition) is 1. The van der Waals surface area contributed by atoms with E-state index in [2.05, 4.69) is 42.1 Å². The summed E-state index contributed by atoms with van der Waals surface area (Å²) in [5.41, 5.74) is 1.79. The highest BCUT2D eigenvalue weighted by Crippen LogP contribution is 2.31. The van der Waals surface area contributed by atoms with Crippen LogP contribution in [0.15, 0.2) is 83.9 Å². The summed E-state index contributed by atoms with van der Waals surface area (Å²) in [7, 11) is 1.63. The average Bonchev–Trinajstić information content (AvgIpc) is 3.62. The molecule has 0 amide bonds. The van der Waals surface area contributed by atoms with Crippen molar-refractivity contribution in [3.8, 4) is 11.4 Å². The van der Waals surface area contributed by atoms with Crippen molar-refractivity contribution in [3.63, 3.8) is 0 Å². The van der Waals surface area contributed by atoms with E-state index < -0.39 is 0 Å². The maximum absolute atomic E-state index is 12.9. The second kappa shape index (κ2) is 13.4. The Morgan fingerprint density at radius 1 is 1.03 bits per heavy atom. The number of rotatable bonds is 6. The zero-order chi connectivity index (χ0) is 24.3. The number of hydrogen-bond acceptors (Lipinski definition) is 5. The number of methoxy groups -OCH3 is 1. The number of fused-ring (bicyclic) bond motifs is 1. The molecule has 1 aliphatic rings. The molecule has 3 aromatic carbocycles. The first-order valence-electron chi connectivity index (χ1n) is 11.3. The fourth-order valence-corrected chi connectivity index (χ4v) is 4.17. The van der Waals surface area contributed by atoms with Crippen LogP contribution < -0.4 is 9.46 Å². The third-order valence-electron chi connectivity index (χ3n) is 4.82. The van der Waals surface area contributed by atoms with Crippen molar-refractivity contribution in [3.05, 3.63) is 84.8 Å². The summed E-state index contributed by atoms with van der Waals surface area (Å²) in [6, 6.07) is 22.9. The van der Waals surface area contributed by atoms with Gasteiger partial charge in [-0.15, -0.1) is 11.8 Å². The van der Waals surface area contributed by atoms with E-state index in [1.54, 1.807) is 41.9 Å². The fraction of sp³-hybridized carbons (Fsp3) is 0.296. The van der Waals surface area contributed by atoms with E-state index in [4.69, 9.17) is 4.74 Å². The number of ether oxygens (including phenoxy) is 1. The molecule has 34 heavy (non-hydrogen) atoms. The Labute approximate surface area is 210 Å². The molecule has 0 atom stereocenters. The van der Waals surface area contributed by atoms with Gasteiger partial charge in [0.25, 0.3) is 0 Å². The largest absolute Gasteiger partial charge is 0.497 e. The van der Waals surface area contributed by atoms with Crippen LogP contribution in [0.1, 0.15) is 26.7 Å². The number of thioether (sulfide) groups is 1. The number of aromatic nitrogens is 2. The van der Waals surface area contributed by atoms with Crippen LogP contribution in [-0.4, -0.2) is 34.4 Å². The van der Waals surface area contributed by atoms with Crippen LogP contribution in [0, 0.1) is 5.82 Å². The van der Waals surface area contributed by atoms with E-state index in [0.717, 1.165) is 27.6 Å². The monoisotopic (exact) mass is 497 g/mol. The van der Waals surface area contributed by atoms with Crippen LogP contribution >= 0.6 is 23.7 Å². The minimum atomic E-state index is -0.253. The predicted octanol–water partition coefficient (Wildman–Crippen LogP) is 7.38. The lowest BCUT2D eigenvalue weighted by Crippen LogP contribution is -2.14. The van der Waals surface area contributed by atoms with E-state index >= 15 is 0 Å². The van der Waals surface area contributed by atoms with E-state index in [-0.39, 0.29) is 5.82 Å². The van der Waals surface area contributed by atoms with Gasteiger partial charge in [-0.3, -0.25) is 4.72 Å². The highest BCUT2D eigenvalue weighted by atomic mass is 32.2. The Bertz CT molecular complexity index is 1130. The van der Waals surface area contributed by atoms with Gasteiger partial charge >= 0.3 is 0 Å². The standard InChI is InChI=1S/C14H11FN2O.C7H8S.C6H13NS/c1-18-13-6-7-14-10(8-13)9-16-17(14)12-4-2-11(15)3-5-12;1-8-7-5-3-2-4-6-7;1-5(2)7-8-6-3-4-6/h2-9H,1H3;2-6H,1H3;5-7H,3-4H2,1-2H3. The Kier molecular flexibility index (Phi) is 10.3. The SMILES string of the molecule is CC(C)NSC1CC1.COc1ccc2c(cnn2-c2ccc(F)cc2)c1.CSc1ccccc1. The molecule has 0 bridgehead atoms. The second-order valence-corrected chi connectivity index (χ2v) is 10.1. The lowest BCUT2D eigenvalue weighted by molar-refractivity contribution is 0.415. The van der Waals surface area contributed by atoms with Gasteiger partial charge in [0.2, 0.25) is 0 Å². The quantitative estimate of drug-likeness (QED) is 0.222. The molecule has 0 radical (unpaired) electrons. The molecule has 1 heterocycles. The summed E-state index contributed by atoms with van der Waals surface area (Å²) >= 11 is 3.67. The lowest BCUT2D eigenvalue weighted by atomic mass is 10.2. The highest BCUT2D eigenvalue weighted by Gasteiger charge is 2.21. The summed E-state index contributed by atoms with van der Waals surface area (Å²) in [5.74, 6) is 0.540. The van der Waals surface area contributed by atoms with E-state index in [0.29, 0.717) is 6.04 Å². The van der Waals surface area contributed by atoms with Crippen LogP contribution in [-0.2, 0) is 0 Å². The van der Waals surface area contributed by atoms with Crippen LogP contribution in [0.2, 0.25) is 0 Å². The molecule has 1 saturated carbocycles. The maximum Gasteiger partial charge on any atom is 0.123 e. The zero-order valence-corrected chi connectivity index (χ0v) is 21.7. The van der Waals surface area contributed by atoms with Gasteiger partial charge in [-0.1, -0.05) is 30.1 Å². The normalized spacial score (nSPS) is 12.5. The van der Waals surface area contributed by atoms with Gasteiger partial charge in [-0.2, -0.15) is 5.10 Å². The van der Waals surface area contributed by atoms with Crippen molar-refractivity contribution in [1.29, 1.82) is 0 Å². The van der Waals surface area contributed by atoms with Crippen LogP contribution in [0.3, 0.4) is 0 Å². The number of nitrogens with zero attached hydrogens (tertiary/aromatic N) is 2. The highest BCUT2D eigenvalue weighted by molar-refractivity contribution is 7.98. The number of benzene rings is 3. The first kappa shape index (κ1) is 26.1. The molecule has 4 aromatic rings. The molecular weight excluding hydrogens is 465 g/mol. The number of nitrogens with one attached hydrogen (secondary N) is 1. The lowest BCUT2D eigenvalue weighted by Gasteiger charge is -2.04. The second-order valence-electron chi connectivity index (χ2n) is 8.06. The Hall–Kier alpha value is -2.48. The molecule has 0 aliphatic heterocycles. The van der Waals surface area contributed by atoms with Gasteiger partial charge in [-0.05, 0) is 87.5 Å². The first-order chi connectivity index (χ1) is 16.5. The van der Waals surface area contributed by atoms with Crippen molar-refractivity contribution in [2.45, 2.75) is 42.9 Å². The van der Waals surface area contributed by atoms with E-state index in [1.165, 1.54) is 29.9 Å². The summed E-state index contributed by atoms with van der Waals surface area (Å²) in [4.78, 5) is 1.33. The minimum Gasteiger partial charge on any atom is -0.497 e. The van der Waals surface area contributed by atoms with Crippen LogP contribution in [0.5, 0.6) is 5.75 Å². The third kappa shape index (κ3) is 8.38. The van der Waals surface area contributed by atoms with Crippen molar-refractivity contribution in [2.75, 3.05) is 13.4 Å².